The number of carbonyl (C=O) groups is 1. The first-order chi connectivity index (χ1) is 14.4. The molecule has 0 spiro atoms. The van der Waals surface area contributed by atoms with Crippen LogP contribution in [0.15, 0.2) is 53.2 Å². The number of aromatic nitrogens is 4. The van der Waals surface area contributed by atoms with Crippen molar-refractivity contribution in [2.75, 3.05) is 0 Å². The van der Waals surface area contributed by atoms with Crippen molar-refractivity contribution in [1.29, 1.82) is 0 Å². The number of halogens is 1. The maximum Gasteiger partial charge on any atom is 0.253 e. The number of amides is 1. The summed E-state index contributed by atoms with van der Waals surface area (Å²) >= 11 is 0. The number of rotatable bonds is 6. The van der Waals surface area contributed by atoms with Crippen molar-refractivity contribution in [2.45, 2.75) is 26.5 Å². The molecule has 3 aromatic heterocycles. The molecule has 4 aromatic rings. The fourth-order valence-corrected chi connectivity index (χ4v) is 2.99. The Balaban J connectivity index is 1.48. The molecule has 30 heavy (non-hydrogen) atoms. The van der Waals surface area contributed by atoms with Crippen LogP contribution in [0, 0.1) is 11.7 Å². The molecule has 0 bridgehead atoms. The van der Waals surface area contributed by atoms with Crippen LogP contribution >= 0.6 is 0 Å². The number of carbonyl (C=O) groups excluding carboxylic acids is 1. The quantitative estimate of drug-likeness (QED) is 0.507. The zero-order chi connectivity index (χ0) is 21.3. The molecule has 0 fully saturated rings. The molecule has 3 heterocycles. The predicted molar refractivity (Wildman–Crippen MR) is 106 cm³/mol. The van der Waals surface area contributed by atoms with E-state index in [0.717, 1.165) is 0 Å². The van der Waals surface area contributed by atoms with Crippen molar-refractivity contribution in [2.24, 2.45) is 5.92 Å². The van der Waals surface area contributed by atoms with Crippen LogP contribution in [0.1, 0.15) is 41.9 Å². The maximum absolute atomic E-state index is 13.4. The molecule has 1 amide bonds. The van der Waals surface area contributed by atoms with Gasteiger partial charge in [-0.1, -0.05) is 31.1 Å². The van der Waals surface area contributed by atoms with Gasteiger partial charge in [0.05, 0.1) is 12.1 Å². The van der Waals surface area contributed by atoms with Crippen molar-refractivity contribution >= 4 is 11.6 Å². The number of aliphatic hydroxyl groups excluding tert-OH is 1. The summed E-state index contributed by atoms with van der Waals surface area (Å²) in [6.45, 7) is 3.86. The van der Waals surface area contributed by atoms with Crippen LogP contribution in [0.2, 0.25) is 0 Å². The van der Waals surface area contributed by atoms with Crippen molar-refractivity contribution in [3.05, 3.63) is 71.6 Å². The van der Waals surface area contributed by atoms with Gasteiger partial charge in [-0.25, -0.2) is 4.39 Å². The van der Waals surface area contributed by atoms with Gasteiger partial charge in [-0.05, 0) is 30.2 Å². The second kappa shape index (κ2) is 8.03. The zero-order valence-corrected chi connectivity index (χ0v) is 16.4. The number of aliphatic hydroxyl groups is 1. The van der Waals surface area contributed by atoms with E-state index in [4.69, 9.17) is 4.52 Å². The number of pyridine rings is 1. The Morgan fingerprint density at radius 1 is 1.23 bits per heavy atom. The van der Waals surface area contributed by atoms with E-state index in [0.29, 0.717) is 34.1 Å². The summed E-state index contributed by atoms with van der Waals surface area (Å²) in [7, 11) is 0. The molecular formula is C21H20FN5O3. The summed E-state index contributed by atoms with van der Waals surface area (Å²) in [5.74, 6) is 0.0677. The van der Waals surface area contributed by atoms with E-state index in [1.165, 1.54) is 12.1 Å². The lowest BCUT2D eigenvalue weighted by atomic mass is 10.1. The SMILES string of the molecule is CC(C)C(O)c1nnc2ccc(C(=O)NCc3cc(-c4cccc(F)c4)no3)cn12. The zero-order valence-electron chi connectivity index (χ0n) is 16.4. The fraction of sp³-hybridized carbons (Fsp3) is 0.238. The third-order valence-electron chi connectivity index (χ3n) is 4.69. The molecule has 1 unspecified atom stereocenters. The molecule has 0 aliphatic carbocycles. The van der Waals surface area contributed by atoms with Gasteiger partial charge in [0, 0.05) is 17.8 Å². The molecular weight excluding hydrogens is 389 g/mol. The number of benzene rings is 1. The summed E-state index contributed by atoms with van der Waals surface area (Å²) < 4.78 is 20.2. The fourth-order valence-electron chi connectivity index (χ4n) is 2.99. The van der Waals surface area contributed by atoms with Crippen LogP contribution in [-0.2, 0) is 6.54 Å². The highest BCUT2D eigenvalue weighted by Gasteiger charge is 2.19. The molecule has 9 heteroatoms. The third-order valence-corrected chi connectivity index (χ3v) is 4.69. The molecule has 8 nitrogen and oxygen atoms in total. The van der Waals surface area contributed by atoms with E-state index in [9.17, 15) is 14.3 Å². The summed E-state index contributed by atoms with van der Waals surface area (Å²) in [5.41, 5.74) is 1.99. The number of nitrogens with one attached hydrogen (secondary N) is 1. The summed E-state index contributed by atoms with van der Waals surface area (Å²) in [6, 6.07) is 11.0. The Morgan fingerprint density at radius 2 is 2.07 bits per heavy atom. The molecule has 154 valence electrons. The van der Waals surface area contributed by atoms with Gasteiger partial charge in [0.25, 0.3) is 5.91 Å². The Hall–Kier alpha value is -3.59. The van der Waals surface area contributed by atoms with E-state index in [1.54, 1.807) is 40.9 Å². The monoisotopic (exact) mass is 409 g/mol. The molecule has 2 N–H and O–H groups in total. The van der Waals surface area contributed by atoms with E-state index in [-0.39, 0.29) is 24.2 Å². The highest BCUT2D eigenvalue weighted by Crippen LogP contribution is 2.21. The molecule has 4 rings (SSSR count). The van der Waals surface area contributed by atoms with Gasteiger partial charge < -0.3 is 14.9 Å². The van der Waals surface area contributed by atoms with E-state index in [2.05, 4.69) is 20.7 Å². The maximum atomic E-state index is 13.4. The van der Waals surface area contributed by atoms with Gasteiger partial charge >= 0.3 is 0 Å². The van der Waals surface area contributed by atoms with Crippen molar-refractivity contribution in [3.8, 4) is 11.3 Å². The molecule has 1 aromatic carbocycles. The first kappa shape index (κ1) is 19.7. The van der Waals surface area contributed by atoms with E-state index in [1.807, 2.05) is 13.8 Å². The number of hydrogen-bond acceptors (Lipinski definition) is 6. The van der Waals surface area contributed by atoms with Gasteiger partial charge in [0.15, 0.2) is 17.2 Å². The highest BCUT2D eigenvalue weighted by molar-refractivity contribution is 5.94. The Bertz CT molecular complexity index is 1200. The topological polar surface area (TPSA) is 106 Å². The first-order valence-electron chi connectivity index (χ1n) is 9.45. The smallest absolute Gasteiger partial charge is 0.253 e. The lowest BCUT2D eigenvalue weighted by molar-refractivity contribution is 0.0945. The lowest BCUT2D eigenvalue weighted by Crippen LogP contribution is -2.23. The molecule has 0 saturated carbocycles. The highest BCUT2D eigenvalue weighted by atomic mass is 19.1. The minimum absolute atomic E-state index is 0.0476. The van der Waals surface area contributed by atoms with E-state index < -0.39 is 6.10 Å². The van der Waals surface area contributed by atoms with Crippen LogP contribution in [0.25, 0.3) is 16.9 Å². The van der Waals surface area contributed by atoms with Crippen molar-refractivity contribution in [1.82, 2.24) is 25.1 Å². The minimum Gasteiger partial charge on any atom is -0.385 e. The van der Waals surface area contributed by atoms with Crippen LogP contribution in [0.4, 0.5) is 4.39 Å². The second-order valence-electron chi connectivity index (χ2n) is 7.26. The first-order valence-corrected chi connectivity index (χ1v) is 9.45. The van der Waals surface area contributed by atoms with Crippen molar-refractivity contribution in [3.63, 3.8) is 0 Å². The average Bonchev–Trinajstić information content (AvgIpc) is 3.38. The molecule has 1 atom stereocenters. The Kier molecular flexibility index (Phi) is 5.28. The number of nitrogens with zero attached hydrogens (tertiary/aromatic N) is 4. The van der Waals surface area contributed by atoms with Crippen molar-refractivity contribution < 1.29 is 18.8 Å². The molecule has 0 radical (unpaired) electrons. The van der Waals surface area contributed by atoms with Gasteiger partial charge in [-0.3, -0.25) is 9.20 Å². The second-order valence-corrected chi connectivity index (χ2v) is 7.26. The minimum atomic E-state index is -0.797. The average molecular weight is 409 g/mol. The number of hydrogen-bond donors (Lipinski definition) is 2. The molecule has 0 aliphatic rings. The van der Waals surface area contributed by atoms with Gasteiger partial charge in [0.1, 0.15) is 17.6 Å². The Labute approximate surface area is 171 Å². The van der Waals surface area contributed by atoms with Gasteiger partial charge in [-0.2, -0.15) is 0 Å². The van der Waals surface area contributed by atoms with Crippen LogP contribution in [0.3, 0.4) is 0 Å². The van der Waals surface area contributed by atoms with E-state index >= 15 is 0 Å². The summed E-state index contributed by atoms with van der Waals surface area (Å²) in [5, 5.41) is 25.0. The number of fused-ring (bicyclic) bond motifs is 1. The molecule has 0 aliphatic heterocycles. The normalized spacial score (nSPS) is 12.4. The summed E-state index contributed by atoms with van der Waals surface area (Å²) in [6.07, 6.45) is 0.790. The summed E-state index contributed by atoms with van der Waals surface area (Å²) in [4.78, 5) is 12.6. The lowest BCUT2D eigenvalue weighted by Gasteiger charge is -2.12. The predicted octanol–water partition coefficient (Wildman–Crippen LogP) is 3.14. The Morgan fingerprint density at radius 3 is 2.83 bits per heavy atom. The standard InChI is InChI=1S/C21H20FN5O3/c1-12(2)19(28)20-25-24-18-7-6-14(11-27(18)20)21(29)23-10-16-9-17(26-30-16)13-4-3-5-15(22)8-13/h3-9,11-12,19,28H,10H2,1-2H3,(H,23,29). The van der Waals surface area contributed by atoms with Gasteiger partial charge in [0.2, 0.25) is 0 Å². The largest absolute Gasteiger partial charge is 0.385 e. The van der Waals surface area contributed by atoms with Crippen LogP contribution < -0.4 is 5.32 Å². The van der Waals surface area contributed by atoms with Crippen LogP contribution in [-0.4, -0.2) is 30.8 Å². The van der Waals surface area contributed by atoms with Gasteiger partial charge in [-0.15, -0.1) is 10.2 Å². The molecule has 0 saturated heterocycles. The third kappa shape index (κ3) is 3.92. The van der Waals surface area contributed by atoms with Crippen LogP contribution in [0.5, 0.6) is 0 Å².